The lowest BCUT2D eigenvalue weighted by Gasteiger charge is -2.15. The predicted molar refractivity (Wildman–Crippen MR) is 87.7 cm³/mol. The second kappa shape index (κ2) is 6.97. The van der Waals surface area contributed by atoms with Gasteiger partial charge in [0.25, 0.3) is 0 Å². The van der Waals surface area contributed by atoms with Crippen LogP contribution in [0.2, 0.25) is 0 Å². The molecule has 0 spiro atoms. The van der Waals surface area contributed by atoms with Crippen molar-refractivity contribution in [2.45, 2.75) is 38.1 Å². The maximum atomic E-state index is 12.5. The summed E-state index contributed by atoms with van der Waals surface area (Å²) in [6.45, 7) is 4.87. The van der Waals surface area contributed by atoms with Gasteiger partial charge >= 0.3 is 0 Å². The number of hydrogen-bond donors (Lipinski definition) is 2. The van der Waals surface area contributed by atoms with Crippen molar-refractivity contribution in [3.05, 3.63) is 47.9 Å². The lowest BCUT2D eigenvalue weighted by Crippen LogP contribution is -2.34. The third kappa shape index (κ3) is 4.67. The highest BCUT2D eigenvalue weighted by molar-refractivity contribution is 7.89. The van der Waals surface area contributed by atoms with Crippen LogP contribution < -0.4 is 10.0 Å². The number of anilines is 1. The molecule has 0 aliphatic heterocycles. The number of carbonyl (C=O) groups is 1. The fraction of sp³-hybridized carbons (Fsp3) is 0.312. The summed E-state index contributed by atoms with van der Waals surface area (Å²) < 4.78 is 32.9. The van der Waals surface area contributed by atoms with E-state index in [2.05, 4.69) is 10.0 Å². The Bertz CT molecular complexity index is 782. The Kier molecular flexibility index (Phi) is 5.23. The number of carbonyl (C=O) groups excluding carboxylic acids is 1. The highest BCUT2D eigenvalue weighted by Gasteiger charge is 2.20. The number of nitrogens with one attached hydrogen (secondary N) is 2. The second-order valence-corrected chi connectivity index (χ2v) is 7.15. The van der Waals surface area contributed by atoms with Crippen molar-refractivity contribution in [2.24, 2.45) is 0 Å². The quantitative estimate of drug-likeness (QED) is 0.848. The molecule has 0 bridgehead atoms. The van der Waals surface area contributed by atoms with Crippen LogP contribution in [0.5, 0.6) is 0 Å². The van der Waals surface area contributed by atoms with Crippen LogP contribution in [-0.2, 0) is 21.2 Å². The van der Waals surface area contributed by atoms with E-state index in [0.29, 0.717) is 17.7 Å². The van der Waals surface area contributed by atoms with Crippen molar-refractivity contribution in [3.8, 4) is 0 Å². The molecule has 2 rings (SSSR count). The van der Waals surface area contributed by atoms with Crippen LogP contribution in [0.25, 0.3) is 0 Å². The first-order valence-electron chi connectivity index (χ1n) is 7.21. The van der Waals surface area contributed by atoms with Crippen LogP contribution >= 0.6 is 0 Å². The molecule has 1 amide bonds. The van der Waals surface area contributed by atoms with Gasteiger partial charge in [-0.3, -0.25) is 4.79 Å². The molecule has 1 heterocycles. The average molecular weight is 336 g/mol. The maximum Gasteiger partial charge on any atom is 0.241 e. The van der Waals surface area contributed by atoms with Gasteiger partial charge in [-0.1, -0.05) is 0 Å². The molecule has 23 heavy (non-hydrogen) atoms. The maximum absolute atomic E-state index is 12.5. The van der Waals surface area contributed by atoms with Gasteiger partial charge in [0.15, 0.2) is 0 Å². The van der Waals surface area contributed by atoms with Gasteiger partial charge in [-0.15, -0.1) is 0 Å². The molecule has 1 aromatic carbocycles. The van der Waals surface area contributed by atoms with Crippen LogP contribution in [0.15, 0.2) is 45.9 Å². The number of aryl methyl sites for hydroxylation is 1. The van der Waals surface area contributed by atoms with E-state index in [1.54, 1.807) is 44.4 Å². The Balaban J connectivity index is 2.14. The monoisotopic (exact) mass is 336 g/mol. The van der Waals surface area contributed by atoms with E-state index in [1.165, 1.54) is 13.0 Å². The molecular formula is C16H20N2O4S. The van der Waals surface area contributed by atoms with Gasteiger partial charge in [0.05, 0.1) is 11.2 Å². The largest absolute Gasteiger partial charge is 0.469 e. The Morgan fingerprint density at radius 3 is 2.61 bits per heavy atom. The number of furan rings is 1. The smallest absolute Gasteiger partial charge is 0.241 e. The fourth-order valence-electron chi connectivity index (χ4n) is 2.33. The summed E-state index contributed by atoms with van der Waals surface area (Å²) in [6, 6.07) is 7.95. The lowest BCUT2D eigenvalue weighted by molar-refractivity contribution is -0.114. The number of rotatable bonds is 6. The van der Waals surface area contributed by atoms with Crippen LogP contribution in [-0.4, -0.2) is 20.4 Å². The molecule has 1 unspecified atom stereocenters. The zero-order chi connectivity index (χ0) is 17.0. The molecule has 1 atom stereocenters. The van der Waals surface area contributed by atoms with E-state index in [0.717, 1.165) is 5.76 Å². The second-order valence-electron chi connectivity index (χ2n) is 5.47. The Hall–Kier alpha value is -2.12. The van der Waals surface area contributed by atoms with Crippen LogP contribution in [0.3, 0.4) is 0 Å². The third-order valence-electron chi connectivity index (χ3n) is 3.23. The molecular weight excluding hydrogens is 316 g/mol. The van der Waals surface area contributed by atoms with Gasteiger partial charge in [-0.05, 0) is 49.7 Å². The van der Waals surface area contributed by atoms with Crippen LogP contribution in [0.1, 0.15) is 25.2 Å². The highest BCUT2D eigenvalue weighted by Crippen LogP contribution is 2.20. The van der Waals surface area contributed by atoms with E-state index in [-0.39, 0.29) is 16.8 Å². The van der Waals surface area contributed by atoms with Gasteiger partial charge in [0.2, 0.25) is 15.9 Å². The lowest BCUT2D eigenvalue weighted by atomic mass is 10.2. The summed E-state index contributed by atoms with van der Waals surface area (Å²) in [5.74, 6) is 0.517. The molecule has 0 saturated carbocycles. The Labute approximate surface area is 135 Å². The normalized spacial score (nSPS) is 12.8. The van der Waals surface area contributed by atoms with Gasteiger partial charge in [0.1, 0.15) is 5.76 Å². The SMILES string of the molecule is CC(=O)Nc1ccc(S(=O)(=O)NC(C)Cc2ccco2)c(C)c1. The minimum atomic E-state index is -3.64. The minimum absolute atomic E-state index is 0.192. The number of benzene rings is 1. The molecule has 2 N–H and O–H groups in total. The van der Waals surface area contributed by atoms with Crippen molar-refractivity contribution < 1.29 is 17.6 Å². The van der Waals surface area contributed by atoms with E-state index in [4.69, 9.17) is 4.42 Å². The van der Waals surface area contributed by atoms with Crippen molar-refractivity contribution in [3.63, 3.8) is 0 Å². The van der Waals surface area contributed by atoms with Gasteiger partial charge in [-0.2, -0.15) is 0 Å². The zero-order valence-corrected chi connectivity index (χ0v) is 14.1. The Morgan fingerprint density at radius 1 is 1.30 bits per heavy atom. The molecule has 124 valence electrons. The van der Waals surface area contributed by atoms with Crippen molar-refractivity contribution in [1.29, 1.82) is 0 Å². The molecule has 0 radical (unpaired) electrons. The van der Waals surface area contributed by atoms with Gasteiger partial charge < -0.3 is 9.73 Å². The molecule has 0 aliphatic rings. The summed E-state index contributed by atoms with van der Waals surface area (Å²) >= 11 is 0. The molecule has 7 heteroatoms. The molecule has 2 aromatic rings. The van der Waals surface area contributed by atoms with Crippen molar-refractivity contribution >= 4 is 21.6 Å². The van der Waals surface area contributed by atoms with E-state index in [9.17, 15) is 13.2 Å². The first kappa shape index (κ1) is 17.2. The van der Waals surface area contributed by atoms with E-state index in [1.807, 2.05) is 0 Å². The average Bonchev–Trinajstić information content (AvgIpc) is 2.89. The van der Waals surface area contributed by atoms with Gasteiger partial charge in [-0.25, -0.2) is 13.1 Å². The number of sulfonamides is 1. The molecule has 6 nitrogen and oxygen atoms in total. The molecule has 0 fully saturated rings. The van der Waals surface area contributed by atoms with E-state index < -0.39 is 10.0 Å². The fourth-order valence-corrected chi connectivity index (χ4v) is 3.80. The number of hydrogen-bond acceptors (Lipinski definition) is 4. The zero-order valence-electron chi connectivity index (χ0n) is 13.3. The summed E-state index contributed by atoms with van der Waals surface area (Å²) in [5.41, 5.74) is 1.13. The predicted octanol–water partition coefficient (Wildman–Crippen LogP) is 2.46. The molecule has 0 aliphatic carbocycles. The summed E-state index contributed by atoms with van der Waals surface area (Å²) in [4.78, 5) is 11.2. The Morgan fingerprint density at radius 2 is 2.04 bits per heavy atom. The number of amides is 1. The summed E-state index contributed by atoms with van der Waals surface area (Å²) in [7, 11) is -3.64. The third-order valence-corrected chi connectivity index (χ3v) is 4.98. The first-order chi connectivity index (χ1) is 10.8. The van der Waals surface area contributed by atoms with Crippen molar-refractivity contribution in [1.82, 2.24) is 4.72 Å². The summed E-state index contributed by atoms with van der Waals surface area (Å²) in [6.07, 6.45) is 2.02. The first-order valence-corrected chi connectivity index (χ1v) is 8.69. The standard InChI is InChI=1S/C16H20N2O4S/c1-11-9-14(17-13(3)19)6-7-16(11)23(20,21)18-12(2)10-15-5-4-8-22-15/h4-9,12,18H,10H2,1-3H3,(H,17,19). The minimum Gasteiger partial charge on any atom is -0.469 e. The highest BCUT2D eigenvalue weighted by atomic mass is 32.2. The van der Waals surface area contributed by atoms with E-state index >= 15 is 0 Å². The summed E-state index contributed by atoms with van der Waals surface area (Å²) in [5, 5.41) is 2.63. The molecule has 0 saturated heterocycles. The van der Waals surface area contributed by atoms with Crippen LogP contribution in [0, 0.1) is 6.92 Å². The van der Waals surface area contributed by atoms with Crippen molar-refractivity contribution in [2.75, 3.05) is 5.32 Å². The topological polar surface area (TPSA) is 88.4 Å². The van der Waals surface area contributed by atoms with Crippen LogP contribution in [0.4, 0.5) is 5.69 Å². The van der Waals surface area contributed by atoms with Gasteiger partial charge in [0, 0.05) is 25.1 Å². The molecule has 1 aromatic heterocycles.